The predicted octanol–water partition coefficient (Wildman–Crippen LogP) is 4.64. The maximum absolute atomic E-state index is 12.2. The van der Waals surface area contributed by atoms with Crippen LogP contribution in [-0.4, -0.2) is 32.3 Å². The second kappa shape index (κ2) is 8.06. The first-order valence-electron chi connectivity index (χ1n) is 8.55. The van der Waals surface area contributed by atoms with E-state index in [2.05, 4.69) is 25.5 Å². The number of rotatable bonds is 4. The van der Waals surface area contributed by atoms with Crippen LogP contribution in [0.5, 0.6) is 5.88 Å². The highest BCUT2D eigenvalue weighted by atomic mass is 35.5. The van der Waals surface area contributed by atoms with Crippen molar-refractivity contribution in [2.24, 2.45) is 15.2 Å². The van der Waals surface area contributed by atoms with Gasteiger partial charge in [-0.1, -0.05) is 41.6 Å². The summed E-state index contributed by atoms with van der Waals surface area (Å²) in [6.07, 6.45) is -0.0486. The number of carbonyl (C=O) groups excluding carboxylic acids is 2. The van der Waals surface area contributed by atoms with Crippen molar-refractivity contribution in [1.29, 1.82) is 0 Å². The summed E-state index contributed by atoms with van der Waals surface area (Å²) in [6.45, 7) is 0. The SMILES string of the molecule is O=C(C[C@@H]1SC(N=Nc2c(O)[nH]c3ccccc23)=NC1=O)Nc1ccc(Cl)cc1. The minimum Gasteiger partial charge on any atom is -0.493 e. The molecule has 3 N–H and O–H groups in total. The number of halogens is 1. The first kappa shape index (κ1) is 19.2. The van der Waals surface area contributed by atoms with E-state index in [0.29, 0.717) is 21.6 Å². The lowest BCUT2D eigenvalue weighted by Gasteiger charge is -2.07. The molecule has 29 heavy (non-hydrogen) atoms. The maximum Gasteiger partial charge on any atom is 0.262 e. The van der Waals surface area contributed by atoms with Gasteiger partial charge in [0.1, 0.15) is 5.25 Å². The zero-order valence-corrected chi connectivity index (χ0v) is 16.4. The van der Waals surface area contributed by atoms with Crippen LogP contribution < -0.4 is 5.32 Å². The third kappa shape index (κ3) is 4.30. The summed E-state index contributed by atoms with van der Waals surface area (Å²) in [6, 6.07) is 13.9. The fourth-order valence-electron chi connectivity index (χ4n) is 2.77. The van der Waals surface area contributed by atoms with Crippen LogP contribution in [0.15, 0.2) is 63.8 Å². The van der Waals surface area contributed by atoms with E-state index >= 15 is 0 Å². The van der Waals surface area contributed by atoms with Gasteiger partial charge in [-0.25, -0.2) is 0 Å². The second-order valence-electron chi connectivity index (χ2n) is 6.17. The van der Waals surface area contributed by atoms with E-state index in [0.717, 1.165) is 11.8 Å². The number of benzene rings is 2. The Labute approximate surface area is 174 Å². The highest BCUT2D eigenvalue weighted by Gasteiger charge is 2.31. The van der Waals surface area contributed by atoms with Crippen molar-refractivity contribution in [3.8, 4) is 5.88 Å². The van der Waals surface area contributed by atoms with Crippen LogP contribution in [0.4, 0.5) is 11.4 Å². The van der Waals surface area contributed by atoms with Gasteiger partial charge in [0, 0.05) is 22.5 Å². The molecule has 0 spiro atoms. The Bertz CT molecular complexity index is 1160. The zero-order chi connectivity index (χ0) is 20.4. The third-order valence-electron chi connectivity index (χ3n) is 4.12. The van der Waals surface area contributed by atoms with Gasteiger partial charge in [-0.15, -0.1) is 10.2 Å². The first-order valence-corrected chi connectivity index (χ1v) is 9.81. The van der Waals surface area contributed by atoms with Crippen molar-refractivity contribution in [1.82, 2.24) is 4.98 Å². The number of amides is 2. The van der Waals surface area contributed by atoms with Gasteiger partial charge in [-0.05, 0) is 30.3 Å². The average molecular weight is 428 g/mol. The molecule has 146 valence electrons. The standard InChI is InChI=1S/C19H14ClN5O3S/c20-10-5-7-11(8-6-10)21-15(26)9-14-17(27)23-19(29-14)25-24-16-12-3-1-2-4-13(12)22-18(16)28/h1-8,14,22,28H,9H2,(H,21,26)/t14-/m0/s1. The lowest BCUT2D eigenvalue weighted by molar-refractivity contribution is -0.121. The molecular formula is C19H14ClN5O3S. The van der Waals surface area contributed by atoms with Gasteiger partial charge in [0.15, 0.2) is 5.69 Å². The van der Waals surface area contributed by atoms with Gasteiger partial charge >= 0.3 is 0 Å². The lowest BCUT2D eigenvalue weighted by Crippen LogP contribution is -2.21. The minimum absolute atomic E-state index is 0.0486. The van der Waals surface area contributed by atoms with E-state index in [9.17, 15) is 14.7 Å². The summed E-state index contributed by atoms with van der Waals surface area (Å²) in [5.41, 5.74) is 1.57. The van der Waals surface area contributed by atoms with E-state index < -0.39 is 11.2 Å². The third-order valence-corrected chi connectivity index (χ3v) is 5.41. The summed E-state index contributed by atoms with van der Waals surface area (Å²) in [4.78, 5) is 30.9. The zero-order valence-electron chi connectivity index (χ0n) is 14.8. The number of aliphatic imine (C=N–C) groups is 1. The van der Waals surface area contributed by atoms with Crippen LogP contribution >= 0.6 is 23.4 Å². The first-order chi connectivity index (χ1) is 14.0. The van der Waals surface area contributed by atoms with Gasteiger partial charge in [0.2, 0.25) is 17.0 Å². The molecule has 0 fully saturated rings. The van der Waals surface area contributed by atoms with Crippen molar-refractivity contribution in [3.63, 3.8) is 0 Å². The molecule has 3 aromatic rings. The number of para-hydroxylation sites is 1. The van der Waals surface area contributed by atoms with Crippen molar-refractivity contribution in [2.45, 2.75) is 11.7 Å². The fraction of sp³-hybridized carbons (Fsp3) is 0.105. The number of hydrogen-bond acceptors (Lipinski definition) is 6. The molecule has 1 atom stereocenters. The van der Waals surface area contributed by atoms with E-state index in [-0.39, 0.29) is 29.1 Å². The number of aromatic nitrogens is 1. The fourth-order valence-corrected chi connectivity index (χ4v) is 3.77. The minimum atomic E-state index is -0.673. The number of aromatic amines is 1. The molecule has 0 saturated heterocycles. The number of amidine groups is 1. The van der Waals surface area contributed by atoms with Crippen LogP contribution in [0.2, 0.25) is 5.02 Å². The van der Waals surface area contributed by atoms with Crippen molar-refractivity contribution >= 4 is 62.6 Å². The van der Waals surface area contributed by atoms with Gasteiger partial charge < -0.3 is 15.4 Å². The Morgan fingerprint density at radius 2 is 1.97 bits per heavy atom. The number of thioether (sulfide) groups is 1. The van der Waals surface area contributed by atoms with Crippen LogP contribution in [-0.2, 0) is 9.59 Å². The van der Waals surface area contributed by atoms with Gasteiger partial charge in [-0.2, -0.15) is 4.99 Å². The number of azo groups is 1. The normalized spacial score (nSPS) is 16.5. The van der Waals surface area contributed by atoms with Crippen LogP contribution in [0.25, 0.3) is 10.9 Å². The molecule has 8 nitrogen and oxygen atoms in total. The Morgan fingerprint density at radius 3 is 2.76 bits per heavy atom. The number of carbonyl (C=O) groups is 2. The second-order valence-corrected chi connectivity index (χ2v) is 7.77. The average Bonchev–Trinajstić information content (AvgIpc) is 3.20. The maximum atomic E-state index is 12.2. The Balaban J connectivity index is 1.40. The predicted molar refractivity (Wildman–Crippen MR) is 113 cm³/mol. The molecule has 4 rings (SSSR count). The van der Waals surface area contributed by atoms with E-state index in [4.69, 9.17) is 11.6 Å². The molecule has 2 amide bonds. The molecule has 0 radical (unpaired) electrons. The van der Waals surface area contributed by atoms with E-state index in [1.807, 2.05) is 12.1 Å². The number of anilines is 1. The van der Waals surface area contributed by atoms with Gasteiger partial charge in [0.25, 0.3) is 5.91 Å². The van der Waals surface area contributed by atoms with Crippen molar-refractivity contribution in [2.75, 3.05) is 5.32 Å². The summed E-state index contributed by atoms with van der Waals surface area (Å²) in [5, 5.41) is 21.4. The number of nitrogens with one attached hydrogen (secondary N) is 2. The number of nitrogens with zero attached hydrogens (tertiary/aromatic N) is 3. The van der Waals surface area contributed by atoms with Crippen molar-refractivity contribution < 1.29 is 14.7 Å². The monoisotopic (exact) mass is 427 g/mol. The van der Waals surface area contributed by atoms with E-state index in [1.165, 1.54) is 0 Å². The molecule has 10 heteroatoms. The van der Waals surface area contributed by atoms with Gasteiger partial charge in [-0.3, -0.25) is 9.59 Å². The van der Waals surface area contributed by atoms with Crippen LogP contribution in [0.3, 0.4) is 0 Å². The molecule has 1 aliphatic rings. The van der Waals surface area contributed by atoms with Crippen molar-refractivity contribution in [3.05, 3.63) is 53.6 Å². The summed E-state index contributed by atoms with van der Waals surface area (Å²) in [7, 11) is 0. The van der Waals surface area contributed by atoms with Crippen LogP contribution in [0.1, 0.15) is 6.42 Å². The molecular weight excluding hydrogens is 414 g/mol. The smallest absolute Gasteiger partial charge is 0.262 e. The lowest BCUT2D eigenvalue weighted by atomic mass is 10.2. The van der Waals surface area contributed by atoms with Crippen LogP contribution in [0, 0.1) is 0 Å². The summed E-state index contributed by atoms with van der Waals surface area (Å²) < 4.78 is 0. The Morgan fingerprint density at radius 1 is 1.21 bits per heavy atom. The van der Waals surface area contributed by atoms with Gasteiger partial charge in [0.05, 0.1) is 5.52 Å². The number of fused-ring (bicyclic) bond motifs is 1. The summed E-state index contributed by atoms with van der Waals surface area (Å²) >= 11 is 6.88. The topological polar surface area (TPSA) is 119 Å². The van der Waals surface area contributed by atoms with E-state index in [1.54, 1.807) is 36.4 Å². The molecule has 0 aliphatic carbocycles. The Kier molecular flexibility index (Phi) is 5.32. The largest absolute Gasteiger partial charge is 0.493 e. The quantitative estimate of drug-likeness (QED) is 0.525. The molecule has 1 aromatic heterocycles. The number of aromatic hydroxyl groups is 1. The number of hydrogen-bond donors (Lipinski definition) is 3. The molecule has 1 aliphatic heterocycles. The summed E-state index contributed by atoms with van der Waals surface area (Å²) in [5.74, 6) is -0.886. The molecule has 0 unspecified atom stereocenters. The molecule has 2 aromatic carbocycles. The molecule has 0 saturated carbocycles. The highest BCUT2D eigenvalue weighted by molar-refractivity contribution is 8.15. The molecule has 2 heterocycles. The number of H-pyrrole nitrogens is 1. The molecule has 0 bridgehead atoms. The highest BCUT2D eigenvalue weighted by Crippen LogP contribution is 2.36. The Hall–Kier alpha value is -3.17.